The van der Waals surface area contributed by atoms with E-state index in [1.807, 2.05) is 6.20 Å². The molecule has 1 rings (SSSR count). The molecule has 18 heavy (non-hydrogen) atoms. The van der Waals surface area contributed by atoms with E-state index in [9.17, 15) is 0 Å². The maximum absolute atomic E-state index is 8.46. The van der Waals surface area contributed by atoms with E-state index in [2.05, 4.69) is 28.7 Å². The third-order valence-corrected chi connectivity index (χ3v) is 2.87. The third-order valence-electron chi connectivity index (χ3n) is 2.87. The van der Waals surface area contributed by atoms with Crippen molar-refractivity contribution >= 4 is 0 Å². The molecule has 0 unspecified atom stereocenters. The minimum atomic E-state index is 0.676. The van der Waals surface area contributed by atoms with Crippen LogP contribution in [0.1, 0.15) is 44.9 Å². The van der Waals surface area contributed by atoms with Gasteiger partial charge in [-0.1, -0.05) is 6.92 Å². The summed E-state index contributed by atoms with van der Waals surface area (Å²) in [7, 11) is 0. The van der Waals surface area contributed by atoms with Crippen molar-refractivity contribution < 1.29 is 9.30 Å². The first-order valence-corrected chi connectivity index (χ1v) is 6.89. The number of nitrogens with one attached hydrogen (secondary N) is 1. The van der Waals surface area contributed by atoms with Crippen LogP contribution in [0.2, 0.25) is 0 Å². The van der Waals surface area contributed by atoms with Crippen molar-refractivity contribution in [2.24, 2.45) is 0 Å². The number of rotatable bonds is 10. The van der Waals surface area contributed by atoms with Crippen molar-refractivity contribution in [3.63, 3.8) is 0 Å². The topological polar surface area (TPSA) is 52.7 Å². The highest BCUT2D eigenvalue weighted by Gasteiger charge is 2.09. The molecule has 100 valence electrons. The summed E-state index contributed by atoms with van der Waals surface area (Å²) >= 11 is 0. The van der Waals surface area contributed by atoms with Crippen molar-refractivity contribution in [3.05, 3.63) is 18.2 Å². The molecule has 4 nitrogen and oxygen atoms in total. The molecule has 1 aromatic rings. The molecule has 0 bridgehead atoms. The van der Waals surface area contributed by atoms with E-state index in [0.29, 0.717) is 6.42 Å². The summed E-state index contributed by atoms with van der Waals surface area (Å²) in [5.74, 6) is 1.23. The molecular weight excluding hydrogens is 226 g/mol. The van der Waals surface area contributed by atoms with Gasteiger partial charge in [0, 0.05) is 13.0 Å². The molecule has 0 aliphatic carbocycles. The van der Waals surface area contributed by atoms with Crippen molar-refractivity contribution in [2.45, 2.75) is 52.0 Å². The third kappa shape index (κ3) is 5.83. The van der Waals surface area contributed by atoms with E-state index < -0.39 is 0 Å². The van der Waals surface area contributed by atoms with Gasteiger partial charge in [-0.05, 0) is 25.7 Å². The minimum absolute atomic E-state index is 0.676. The van der Waals surface area contributed by atoms with E-state index in [4.69, 9.17) is 10.00 Å². The van der Waals surface area contributed by atoms with Crippen LogP contribution >= 0.6 is 0 Å². The molecule has 1 heterocycles. The van der Waals surface area contributed by atoms with Crippen LogP contribution in [-0.2, 0) is 17.7 Å². The van der Waals surface area contributed by atoms with Crippen LogP contribution < -0.4 is 4.57 Å². The van der Waals surface area contributed by atoms with E-state index in [1.54, 1.807) is 0 Å². The lowest BCUT2D eigenvalue weighted by molar-refractivity contribution is -0.703. The molecule has 1 N–H and O–H groups in total. The SMILES string of the molecule is CCCOCCc1[nH]cc[n+]1CCCCCC#N. The minimum Gasteiger partial charge on any atom is -0.381 e. The van der Waals surface area contributed by atoms with Crippen LogP contribution in [0.3, 0.4) is 0 Å². The van der Waals surface area contributed by atoms with Crippen molar-refractivity contribution in [3.8, 4) is 6.07 Å². The second-order valence-corrected chi connectivity index (χ2v) is 4.43. The number of unbranched alkanes of at least 4 members (excludes halogenated alkanes) is 3. The zero-order valence-corrected chi connectivity index (χ0v) is 11.3. The number of ether oxygens (including phenoxy) is 1. The van der Waals surface area contributed by atoms with Crippen molar-refractivity contribution in [1.29, 1.82) is 5.26 Å². The quantitative estimate of drug-likeness (QED) is 0.512. The van der Waals surface area contributed by atoms with Gasteiger partial charge in [0.05, 0.1) is 25.6 Å². The van der Waals surface area contributed by atoms with Gasteiger partial charge in [0.15, 0.2) is 0 Å². The lowest BCUT2D eigenvalue weighted by atomic mass is 10.2. The Hall–Kier alpha value is -1.34. The Kier molecular flexibility index (Phi) is 7.90. The molecule has 4 heteroatoms. The summed E-state index contributed by atoms with van der Waals surface area (Å²) < 4.78 is 7.75. The first kappa shape index (κ1) is 14.7. The number of aromatic amines is 1. The molecule has 0 saturated heterocycles. The van der Waals surface area contributed by atoms with Gasteiger partial charge in [-0.3, -0.25) is 0 Å². The fraction of sp³-hybridized carbons (Fsp3) is 0.714. The number of hydrogen-bond donors (Lipinski definition) is 1. The molecule has 0 aliphatic rings. The Bertz CT molecular complexity index is 354. The van der Waals surface area contributed by atoms with Gasteiger partial charge >= 0.3 is 0 Å². The van der Waals surface area contributed by atoms with Crippen LogP contribution in [0.5, 0.6) is 0 Å². The largest absolute Gasteiger partial charge is 0.381 e. The molecule has 0 aromatic carbocycles. The summed E-state index contributed by atoms with van der Waals surface area (Å²) in [4.78, 5) is 3.27. The van der Waals surface area contributed by atoms with E-state index in [1.165, 1.54) is 5.82 Å². The average Bonchev–Trinajstić information content (AvgIpc) is 2.82. The van der Waals surface area contributed by atoms with Gasteiger partial charge in [0.2, 0.25) is 0 Å². The first-order chi connectivity index (χ1) is 8.88. The Balaban J connectivity index is 2.20. The highest BCUT2D eigenvalue weighted by molar-refractivity contribution is 4.77. The average molecular weight is 250 g/mol. The normalized spacial score (nSPS) is 10.4. The molecule has 0 radical (unpaired) electrons. The van der Waals surface area contributed by atoms with Crippen molar-refractivity contribution in [2.75, 3.05) is 13.2 Å². The number of imidazole rings is 1. The fourth-order valence-electron chi connectivity index (χ4n) is 1.90. The summed E-state index contributed by atoms with van der Waals surface area (Å²) in [6, 6.07) is 2.18. The smallest absolute Gasteiger partial charge is 0.256 e. The van der Waals surface area contributed by atoms with E-state index in [0.717, 1.165) is 51.9 Å². The molecule has 0 fully saturated rings. The van der Waals surface area contributed by atoms with Crippen LogP contribution in [-0.4, -0.2) is 18.2 Å². The zero-order chi connectivity index (χ0) is 13.1. The molecule has 1 aromatic heterocycles. The number of hydrogen-bond acceptors (Lipinski definition) is 2. The van der Waals surface area contributed by atoms with Crippen LogP contribution in [0.4, 0.5) is 0 Å². The van der Waals surface area contributed by atoms with E-state index in [-0.39, 0.29) is 0 Å². The van der Waals surface area contributed by atoms with Gasteiger partial charge in [-0.2, -0.15) is 5.26 Å². The second-order valence-electron chi connectivity index (χ2n) is 4.43. The maximum Gasteiger partial charge on any atom is 0.256 e. The van der Waals surface area contributed by atoms with Gasteiger partial charge in [-0.15, -0.1) is 0 Å². The highest BCUT2D eigenvalue weighted by atomic mass is 16.5. The van der Waals surface area contributed by atoms with Gasteiger partial charge in [0.25, 0.3) is 5.82 Å². The van der Waals surface area contributed by atoms with Crippen LogP contribution in [0.25, 0.3) is 0 Å². The molecule has 0 saturated carbocycles. The Morgan fingerprint density at radius 1 is 1.33 bits per heavy atom. The molecular formula is C14H24N3O+. The van der Waals surface area contributed by atoms with Crippen LogP contribution in [0.15, 0.2) is 12.4 Å². The Morgan fingerprint density at radius 3 is 3.00 bits per heavy atom. The number of H-pyrrole nitrogens is 1. The summed E-state index contributed by atoms with van der Waals surface area (Å²) in [6.45, 7) is 4.77. The highest BCUT2D eigenvalue weighted by Crippen LogP contribution is 1.99. The van der Waals surface area contributed by atoms with Gasteiger partial charge in [0.1, 0.15) is 12.4 Å². The second kappa shape index (κ2) is 9.67. The Morgan fingerprint density at radius 2 is 2.22 bits per heavy atom. The summed E-state index contributed by atoms with van der Waals surface area (Å²) in [6.07, 6.45) is 10.0. The zero-order valence-electron chi connectivity index (χ0n) is 11.3. The lowest BCUT2D eigenvalue weighted by Gasteiger charge is -2.02. The maximum atomic E-state index is 8.46. The number of nitrogens with zero attached hydrogens (tertiary/aromatic N) is 2. The number of nitriles is 1. The number of aromatic nitrogens is 2. The Labute approximate surface area is 110 Å². The molecule has 0 atom stereocenters. The summed E-state index contributed by atoms with van der Waals surface area (Å²) in [5, 5.41) is 8.46. The predicted molar refractivity (Wildman–Crippen MR) is 69.9 cm³/mol. The molecule has 0 amide bonds. The van der Waals surface area contributed by atoms with Gasteiger partial charge < -0.3 is 4.74 Å². The van der Waals surface area contributed by atoms with E-state index >= 15 is 0 Å². The number of aryl methyl sites for hydroxylation is 1. The van der Waals surface area contributed by atoms with Gasteiger partial charge in [-0.25, -0.2) is 9.55 Å². The monoisotopic (exact) mass is 250 g/mol. The van der Waals surface area contributed by atoms with Crippen molar-refractivity contribution in [1.82, 2.24) is 4.98 Å². The standard InChI is InChI=1S/C14H23N3O/c1-2-12-18-13-7-14-16-9-11-17(14)10-6-4-3-5-8-15/h9,11H,2-7,10,12-13H2,1H3/p+1. The molecule has 0 spiro atoms. The lowest BCUT2D eigenvalue weighted by Crippen LogP contribution is -2.36. The first-order valence-electron chi connectivity index (χ1n) is 6.89. The molecule has 0 aliphatic heterocycles. The summed E-state index contributed by atoms with van der Waals surface area (Å²) in [5.41, 5.74) is 0. The predicted octanol–water partition coefficient (Wildman–Crippen LogP) is 2.36. The van der Waals surface area contributed by atoms with Crippen LogP contribution in [0, 0.1) is 11.3 Å². The fourth-order valence-corrected chi connectivity index (χ4v) is 1.90.